The Morgan fingerprint density at radius 2 is 1.52 bits per heavy atom. The summed E-state index contributed by atoms with van der Waals surface area (Å²) in [5.41, 5.74) is 3.72. The summed E-state index contributed by atoms with van der Waals surface area (Å²) in [5.74, 6) is 0. The van der Waals surface area contributed by atoms with E-state index in [-0.39, 0.29) is 6.10 Å². The van der Waals surface area contributed by atoms with E-state index >= 15 is 0 Å². The fraction of sp³-hybridized carbons (Fsp3) is 0.778. The molecule has 0 aliphatic rings. The molecule has 0 radical (unpaired) electrons. The van der Waals surface area contributed by atoms with Crippen molar-refractivity contribution < 1.29 is 13.0 Å². The van der Waals surface area contributed by atoms with Crippen LogP contribution in [0.4, 0.5) is 0 Å². The minimum absolute atomic E-state index is 0.187. The van der Waals surface area contributed by atoms with Crippen LogP contribution in [-0.4, -0.2) is 29.8 Å². The van der Waals surface area contributed by atoms with E-state index in [2.05, 4.69) is 40.5 Å². The van der Waals surface area contributed by atoms with Crippen LogP contribution in [0.3, 0.4) is 0 Å². The van der Waals surface area contributed by atoms with Gasteiger partial charge in [0, 0.05) is 12.7 Å². The zero-order valence-electron chi connectivity index (χ0n) is 16.0. The highest BCUT2D eigenvalue weighted by Gasteiger charge is 2.40. The van der Waals surface area contributed by atoms with Gasteiger partial charge in [-0.3, -0.25) is 0 Å². The maximum Gasteiger partial charge on any atom is 0.352 e. The summed E-state index contributed by atoms with van der Waals surface area (Å²) in [5, 5.41) is 0. The fourth-order valence-corrected chi connectivity index (χ4v) is 8.49. The standard InChI is InChI=1S/C18H38O3Si2/c1-8-12-13-14-15-17-19-22(6,10-3)21-23(7,11-4)20-18(5)16-9-2/h10-11,18H,3-4,8-9,12-17H2,1-2,5-7H3. The number of hydrogen-bond donors (Lipinski definition) is 0. The third kappa shape index (κ3) is 10.3. The van der Waals surface area contributed by atoms with Crippen LogP contribution in [0.15, 0.2) is 24.6 Å². The maximum absolute atomic E-state index is 6.37. The number of unbranched alkanes of at least 4 members (excludes halogenated alkanes) is 4. The van der Waals surface area contributed by atoms with Crippen LogP contribution < -0.4 is 0 Å². The quantitative estimate of drug-likeness (QED) is 0.274. The Kier molecular flexibility index (Phi) is 12.1. The Balaban J connectivity index is 4.48. The Hall–Kier alpha value is -0.206. The Labute approximate surface area is 146 Å². The van der Waals surface area contributed by atoms with Gasteiger partial charge in [0.25, 0.3) is 0 Å². The normalized spacial score (nSPS) is 18.0. The first-order valence-corrected chi connectivity index (χ1v) is 13.9. The molecule has 136 valence electrons. The maximum atomic E-state index is 6.37. The van der Waals surface area contributed by atoms with Crippen molar-refractivity contribution in [2.75, 3.05) is 6.61 Å². The van der Waals surface area contributed by atoms with E-state index in [1.165, 1.54) is 25.7 Å². The van der Waals surface area contributed by atoms with E-state index in [1.807, 2.05) is 17.9 Å². The first kappa shape index (κ1) is 22.8. The largest absolute Gasteiger partial charge is 0.409 e. The molecular formula is C18H38O3Si2. The molecule has 0 aliphatic carbocycles. The Morgan fingerprint density at radius 1 is 0.913 bits per heavy atom. The topological polar surface area (TPSA) is 27.7 Å². The van der Waals surface area contributed by atoms with Gasteiger partial charge in [0.05, 0.1) is 0 Å². The SMILES string of the molecule is C=C[Si](C)(OCCCCCCC)O[Si](C)(C=C)OC(C)CCC. The third-order valence-corrected chi connectivity index (χ3v) is 10.3. The third-order valence-electron chi connectivity index (χ3n) is 3.91. The van der Waals surface area contributed by atoms with Crippen molar-refractivity contribution in [3.05, 3.63) is 24.6 Å². The van der Waals surface area contributed by atoms with E-state index < -0.39 is 17.1 Å². The van der Waals surface area contributed by atoms with Crippen LogP contribution in [0.2, 0.25) is 13.1 Å². The molecule has 0 saturated heterocycles. The molecule has 5 heteroatoms. The molecular weight excluding hydrogens is 320 g/mol. The molecule has 0 rings (SSSR count). The molecule has 3 unspecified atom stereocenters. The van der Waals surface area contributed by atoms with Crippen LogP contribution in [-0.2, 0) is 13.0 Å². The first-order chi connectivity index (χ1) is 10.8. The molecule has 23 heavy (non-hydrogen) atoms. The lowest BCUT2D eigenvalue weighted by molar-refractivity contribution is 0.149. The second-order valence-electron chi connectivity index (χ2n) is 6.52. The molecule has 3 nitrogen and oxygen atoms in total. The summed E-state index contributed by atoms with van der Waals surface area (Å²) < 4.78 is 18.7. The Bertz CT molecular complexity index is 338. The molecule has 0 bridgehead atoms. The highest BCUT2D eigenvalue weighted by molar-refractivity contribution is 6.84. The van der Waals surface area contributed by atoms with E-state index in [1.54, 1.807) is 0 Å². The average Bonchev–Trinajstić information content (AvgIpc) is 2.50. The van der Waals surface area contributed by atoms with Crippen molar-refractivity contribution in [1.29, 1.82) is 0 Å². The predicted octanol–water partition coefficient (Wildman–Crippen LogP) is 5.79. The van der Waals surface area contributed by atoms with Crippen LogP contribution in [0.5, 0.6) is 0 Å². The molecule has 0 heterocycles. The van der Waals surface area contributed by atoms with Crippen molar-refractivity contribution in [2.24, 2.45) is 0 Å². The molecule has 0 aromatic carbocycles. The van der Waals surface area contributed by atoms with Crippen LogP contribution in [0, 0.1) is 0 Å². The highest BCUT2D eigenvalue weighted by Crippen LogP contribution is 2.22. The van der Waals surface area contributed by atoms with Gasteiger partial charge in [0.15, 0.2) is 0 Å². The van der Waals surface area contributed by atoms with Gasteiger partial charge in [-0.05, 0) is 32.9 Å². The van der Waals surface area contributed by atoms with Crippen molar-refractivity contribution in [3.63, 3.8) is 0 Å². The van der Waals surface area contributed by atoms with Gasteiger partial charge < -0.3 is 13.0 Å². The van der Waals surface area contributed by atoms with Crippen LogP contribution in [0.25, 0.3) is 0 Å². The molecule has 0 fully saturated rings. The molecule has 3 atom stereocenters. The van der Waals surface area contributed by atoms with Gasteiger partial charge in [0.1, 0.15) is 0 Å². The van der Waals surface area contributed by atoms with Crippen molar-refractivity contribution in [3.8, 4) is 0 Å². The number of rotatable bonds is 15. The molecule has 0 saturated carbocycles. The molecule has 0 aromatic heterocycles. The molecule has 0 amide bonds. The minimum Gasteiger partial charge on any atom is -0.409 e. The van der Waals surface area contributed by atoms with E-state index in [0.717, 1.165) is 25.9 Å². The minimum atomic E-state index is -2.43. The summed E-state index contributed by atoms with van der Waals surface area (Å²) in [6.45, 7) is 19.2. The first-order valence-electron chi connectivity index (χ1n) is 9.13. The van der Waals surface area contributed by atoms with Gasteiger partial charge in [-0.2, -0.15) is 0 Å². The predicted molar refractivity (Wildman–Crippen MR) is 105 cm³/mol. The lowest BCUT2D eigenvalue weighted by Crippen LogP contribution is -2.51. The fourth-order valence-electron chi connectivity index (χ4n) is 2.49. The number of hydrogen-bond acceptors (Lipinski definition) is 3. The van der Waals surface area contributed by atoms with Crippen molar-refractivity contribution in [1.82, 2.24) is 0 Å². The second kappa shape index (κ2) is 12.2. The lowest BCUT2D eigenvalue weighted by atomic mass is 10.2. The monoisotopic (exact) mass is 358 g/mol. The van der Waals surface area contributed by atoms with Gasteiger partial charge in [0.2, 0.25) is 0 Å². The average molecular weight is 359 g/mol. The summed E-state index contributed by atoms with van der Waals surface area (Å²) in [4.78, 5) is 0. The molecule has 0 spiro atoms. The van der Waals surface area contributed by atoms with E-state index in [9.17, 15) is 0 Å². The summed E-state index contributed by atoms with van der Waals surface area (Å²) in [7, 11) is -4.84. The van der Waals surface area contributed by atoms with Crippen molar-refractivity contribution in [2.45, 2.75) is 84.9 Å². The van der Waals surface area contributed by atoms with Crippen molar-refractivity contribution >= 4 is 17.1 Å². The second-order valence-corrected chi connectivity index (χ2v) is 12.7. The van der Waals surface area contributed by atoms with Crippen LogP contribution in [0.1, 0.15) is 65.7 Å². The smallest absolute Gasteiger partial charge is 0.352 e. The van der Waals surface area contributed by atoms with Gasteiger partial charge >= 0.3 is 17.1 Å². The van der Waals surface area contributed by atoms with E-state index in [4.69, 9.17) is 13.0 Å². The van der Waals surface area contributed by atoms with Crippen LogP contribution >= 0.6 is 0 Å². The van der Waals surface area contributed by atoms with Gasteiger partial charge in [-0.15, -0.1) is 13.2 Å². The van der Waals surface area contributed by atoms with Gasteiger partial charge in [-0.25, -0.2) is 0 Å². The molecule has 0 N–H and O–H groups in total. The molecule has 0 aromatic rings. The highest BCUT2D eigenvalue weighted by atomic mass is 28.5. The summed E-state index contributed by atoms with van der Waals surface area (Å²) in [6, 6.07) is 0. The zero-order valence-corrected chi connectivity index (χ0v) is 18.0. The van der Waals surface area contributed by atoms with Gasteiger partial charge in [-0.1, -0.05) is 57.4 Å². The zero-order chi connectivity index (χ0) is 17.8. The van der Waals surface area contributed by atoms with E-state index in [0.29, 0.717) is 0 Å². The Morgan fingerprint density at radius 3 is 2.04 bits per heavy atom. The summed E-state index contributed by atoms with van der Waals surface area (Å²) in [6.07, 6.45) is 8.47. The lowest BCUT2D eigenvalue weighted by Gasteiger charge is -2.35. The summed E-state index contributed by atoms with van der Waals surface area (Å²) >= 11 is 0. The molecule has 0 aliphatic heterocycles.